The van der Waals surface area contributed by atoms with Crippen LogP contribution in [0.3, 0.4) is 0 Å². The minimum atomic E-state index is -0.267. The van der Waals surface area contributed by atoms with E-state index in [-0.39, 0.29) is 11.6 Å². The zero-order valence-electron chi connectivity index (χ0n) is 16.4. The third-order valence-electron chi connectivity index (χ3n) is 4.23. The monoisotopic (exact) mass is 393 g/mol. The Hall–Kier alpha value is -3.68. The fraction of sp³-hybridized carbons (Fsp3) is 0.238. The highest BCUT2D eigenvalue weighted by Gasteiger charge is 2.09. The Morgan fingerprint density at radius 2 is 1.86 bits per heavy atom. The summed E-state index contributed by atoms with van der Waals surface area (Å²) >= 11 is 0. The Bertz CT molecular complexity index is 933. The van der Waals surface area contributed by atoms with Crippen LogP contribution >= 0.6 is 0 Å². The van der Waals surface area contributed by atoms with Crippen molar-refractivity contribution in [3.05, 3.63) is 71.9 Å². The lowest BCUT2D eigenvalue weighted by Gasteiger charge is -2.10. The number of nitrogens with one attached hydrogen (secondary N) is 2. The van der Waals surface area contributed by atoms with E-state index in [0.717, 1.165) is 11.1 Å². The highest BCUT2D eigenvalue weighted by molar-refractivity contribution is 5.92. The zero-order chi connectivity index (χ0) is 20.5. The summed E-state index contributed by atoms with van der Waals surface area (Å²) < 4.78 is 10.5. The smallest absolute Gasteiger partial charge is 0.271 e. The molecule has 0 unspecified atom stereocenters. The molecule has 0 bridgehead atoms. The number of benzene rings is 1. The Balaban J connectivity index is 1.48. The van der Waals surface area contributed by atoms with E-state index in [4.69, 9.17) is 9.47 Å². The van der Waals surface area contributed by atoms with E-state index in [9.17, 15) is 4.79 Å². The fourth-order valence-corrected chi connectivity index (χ4v) is 2.68. The van der Waals surface area contributed by atoms with Crippen LogP contribution in [0.5, 0.6) is 11.5 Å². The number of pyridine rings is 1. The van der Waals surface area contributed by atoms with Gasteiger partial charge in [0.25, 0.3) is 5.91 Å². The molecule has 0 spiro atoms. The van der Waals surface area contributed by atoms with Crippen LogP contribution in [-0.2, 0) is 13.0 Å². The van der Waals surface area contributed by atoms with Crippen molar-refractivity contribution in [2.75, 3.05) is 26.1 Å². The summed E-state index contributed by atoms with van der Waals surface area (Å²) in [6, 6.07) is 9.52. The Morgan fingerprint density at radius 3 is 2.55 bits per heavy atom. The van der Waals surface area contributed by atoms with Crippen molar-refractivity contribution in [3.8, 4) is 11.5 Å². The molecular formula is C21H23N5O3. The van der Waals surface area contributed by atoms with Crippen molar-refractivity contribution in [1.82, 2.24) is 20.3 Å². The number of methoxy groups -OCH3 is 2. The van der Waals surface area contributed by atoms with E-state index in [0.29, 0.717) is 36.8 Å². The minimum Gasteiger partial charge on any atom is -0.493 e. The number of amides is 1. The quantitative estimate of drug-likeness (QED) is 0.576. The van der Waals surface area contributed by atoms with Gasteiger partial charge in [-0.3, -0.25) is 9.78 Å². The van der Waals surface area contributed by atoms with Crippen LogP contribution in [0, 0.1) is 0 Å². The van der Waals surface area contributed by atoms with E-state index in [1.807, 2.05) is 30.3 Å². The number of rotatable bonds is 9. The molecule has 3 aromatic rings. The summed E-state index contributed by atoms with van der Waals surface area (Å²) in [7, 11) is 3.19. The molecule has 0 aliphatic carbocycles. The van der Waals surface area contributed by atoms with Gasteiger partial charge in [0, 0.05) is 25.5 Å². The molecule has 0 saturated carbocycles. The molecule has 3 rings (SSSR count). The van der Waals surface area contributed by atoms with E-state index in [1.165, 1.54) is 6.20 Å². The molecule has 0 aliphatic heterocycles. The first-order valence-electron chi connectivity index (χ1n) is 9.13. The van der Waals surface area contributed by atoms with Gasteiger partial charge in [0.2, 0.25) is 0 Å². The fourth-order valence-electron chi connectivity index (χ4n) is 2.68. The first kappa shape index (κ1) is 20.1. The molecule has 2 N–H and O–H groups in total. The second-order valence-corrected chi connectivity index (χ2v) is 6.20. The standard InChI is InChI=1S/C21H23N5O3/c1-28-18-6-5-15(10-19(18)29-2)7-9-23-21(27)17-13-26-20(14-24-17)25-12-16-4-3-8-22-11-16/h3-6,8,10-11,13-14H,7,9,12H2,1-2H3,(H,23,27)(H,25,26). The largest absolute Gasteiger partial charge is 0.493 e. The molecule has 0 atom stereocenters. The molecule has 0 saturated heterocycles. The Kier molecular flexibility index (Phi) is 6.94. The van der Waals surface area contributed by atoms with Gasteiger partial charge in [-0.15, -0.1) is 0 Å². The van der Waals surface area contributed by atoms with Crippen LogP contribution < -0.4 is 20.1 Å². The molecule has 0 aliphatic rings. The molecular weight excluding hydrogens is 370 g/mol. The van der Waals surface area contributed by atoms with Crippen molar-refractivity contribution in [3.63, 3.8) is 0 Å². The summed E-state index contributed by atoms with van der Waals surface area (Å²) in [5, 5.41) is 5.99. The van der Waals surface area contributed by atoms with E-state index in [1.54, 1.807) is 32.8 Å². The van der Waals surface area contributed by atoms with Crippen LogP contribution in [0.4, 0.5) is 5.82 Å². The van der Waals surface area contributed by atoms with E-state index >= 15 is 0 Å². The second kappa shape index (κ2) is 10.0. The number of carbonyl (C=O) groups is 1. The number of carbonyl (C=O) groups excluding carboxylic acids is 1. The molecule has 1 aromatic carbocycles. The van der Waals surface area contributed by atoms with Gasteiger partial charge in [0.1, 0.15) is 11.5 Å². The van der Waals surface area contributed by atoms with Gasteiger partial charge in [-0.05, 0) is 35.7 Å². The van der Waals surface area contributed by atoms with Gasteiger partial charge < -0.3 is 20.1 Å². The second-order valence-electron chi connectivity index (χ2n) is 6.20. The summed E-state index contributed by atoms with van der Waals surface area (Å²) in [6.07, 6.45) is 7.16. The van der Waals surface area contributed by atoms with Crippen LogP contribution in [0.15, 0.2) is 55.1 Å². The zero-order valence-corrected chi connectivity index (χ0v) is 16.4. The average molecular weight is 393 g/mol. The number of hydrogen-bond acceptors (Lipinski definition) is 7. The summed E-state index contributed by atoms with van der Waals surface area (Å²) in [5.41, 5.74) is 2.33. The lowest BCUT2D eigenvalue weighted by molar-refractivity contribution is 0.0949. The van der Waals surface area contributed by atoms with Crippen LogP contribution in [-0.4, -0.2) is 41.6 Å². The lowest BCUT2D eigenvalue weighted by atomic mass is 10.1. The third-order valence-corrected chi connectivity index (χ3v) is 4.23. The Morgan fingerprint density at radius 1 is 1.00 bits per heavy atom. The SMILES string of the molecule is COc1ccc(CCNC(=O)c2cnc(NCc3cccnc3)cn2)cc1OC. The number of ether oxygens (including phenoxy) is 2. The molecule has 2 aromatic heterocycles. The highest BCUT2D eigenvalue weighted by Crippen LogP contribution is 2.27. The number of nitrogens with zero attached hydrogens (tertiary/aromatic N) is 3. The van der Waals surface area contributed by atoms with Gasteiger partial charge in [-0.2, -0.15) is 0 Å². The molecule has 2 heterocycles. The van der Waals surface area contributed by atoms with Gasteiger partial charge in [0.05, 0.1) is 26.6 Å². The predicted molar refractivity (Wildman–Crippen MR) is 109 cm³/mol. The molecule has 8 heteroatoms. The van der Waals surface area contributed by atoms with Gasteiger partial charge in [-0.1, -0.05) is 12.1 Å². The third kappa shape index (κ3) is 5.65. The minimum absolute atomic E-state index is 0.267. The summed E-state index contributed by atoms with van der Waals surface area (Å²) in [4.78, 5) is 24.7. The average Bonchev–Trinajstić information content (AvgIpc) is 2.78. The molecule has 0 radical (unpaired) electrons. The first-order chi connectivity index (χ1) is 14.2. The first-order valence-corrected chi connectivity index (χ1v) is 9.13. The van der Waals surface area contributed by atoms with Crippen LogP contribution in [0.25, 0.3) is 0 Å². The number of aromatic nitrogens is 3. The van der Waals surface area contributed by atoms with Crippen molar-refractivity contribution >= 4 is 11.7 Å². The highest BCUT2D eigenvalue weighted by atomic mass is 16.5. The molecule has 29 heavy (non-hydrogen) atoms. The maximum absolute atomic E-state index is 12.3. The lowest BCUT2D eigenvalue weighted by Crippen LogP contribution is -2.26. The van der Waals surface area contributed by atoms with Crippen molar-refractivity contribution < 1.29 is 14.3 Å². The molecule has 0 fully saturated rings. The van der Waals surface area contributed by atoms with Crippen molar-refractivity contribution in [2.45, 2.75) is 13.0 Å². The summed E-state index contributed by atoms with van der Waals surface area (Å²) in [6.45, 7) is 1.05. The topological polar surface area (TPSA) is 98.3 Å². The van der Waals surface area contributed by atoms with Crippen molar-refractivity contribution in [2.24, 2.45) is 0 Å². The number of hydrogen-bond donors (Lipinski definition) is 2. The summed E-state index contributed by atoms with van der Waals surface area (Å²) in [5.74, 6) is 1.66. The molecule has 1 amide bonds. The van der Waals surface area contributed by atoms with Crippen LogP contribution in [0.1, 0.15) is 21.6 Å². The van der Waals surface area contributed by atoms with Gasteiger partial charge in [0.15, 0.2) is 11.5 Å². The Labute approximate surface area is 169 Å². The maximum Gasteiger partial charge on any atom is 0.271 e. The molecule has 8 nitrogen and oxygen atoms in total. The van der Waals surface area contributed by atoms with E-state index in [2.05, 4.69) is 25.6 Å². The van der Waals surface area contributed by atoms with Gasteiger partial charge >= 0.3 is 0 Å². The van der Waals surface area contributed by atoms with Gasteiger partial charge in [-0.25, -0.2) is 9.97 Å². The van der Waals surface area contributed by atoms with Crippen molar-refractivity contribution in [1.29, 1.82) is 0 Å². The normalized spacial score (nSPS) is 10.3. The van der Waals surface area contributed by atoms with Crippen LogP contribution in [0.2, 0.25) is 0 Å². The predicted octanol–water partition coefficient (Wildman–Crippen LogP) is 2.47. The molecule has 150 valence electrons. The van der Waals surface area contributed by atoms with E-state index < -0.39 is 0 Å². The maximum atomic E-state index is 12.3. The number of anilines is 1.